The highest BCUT2D eigenvalue weighted by molar-refractivity contribution is 7.92. The van der Waals surface area contributed by atoms with Gasteiger partial charge in [-0.25, -0.2) is 8.42 Å². The summed E-state index contributed by atoms with van der Waals surface area (Å²) in [4.78, 5) is 14.5. The van der Waals surface area contributed by atoms with Crippen molar-refractivity contribution in [2.75, 3.05) is 29.4 Å². The molecule has 0 atom stereocenters. The first-order valence-corrected chi connectivity index (χ1v) is 11.0. The van der Waals surface area contributed by atoms with E-state index in [1.807, 2.05) is 27.7 Å². The molecule has 1 aliphatic rings. The van der Waals surface area contributed by atoms with Crippen LogP contribution >= 0.6 is 0 Å². The number of rotatable bonds is 6. The molecule has 1 amide bonds. The molecule has 1 N–H and O–H groups in total. The molecule has 7 nitrogen and oxygen atoms in total. The lowest BCUT2D eigenvalue weighted by Gasteiger charge is -2.26. The Morgan fingerprint density at radius 1 is 1.14 bits per heavy atom. The van der Waals surface area contributed by atoms with Crippen LogP contribution in [0.4, 0.5) is 11.4 Å². The number of anilines is 2. The topological polar surface area (TPSA) is 84.9 Å². The Hall–Kier alpha value is -2.74. The highest BCUT2D eigenvalue weighted by atomic mass is 32.2. The molecule has 0 aliphatic carbocycles. The second kappa shape index (κ2) is 7.94. The molecule has 1 heterocycles. The van der Waals surface area contributed by atoms with Crippen molar-refractivity contribution in [3.8, 4) is 11.5 Å². The summed E-state index contributed by atoms with van der Waals surface area (Å²) >= 11 is 0. The Bertz CT molecular complexity index is 1000. The quantitative estimate of drug-likeness (QED) is 0.774. The first-order valence-electron chi connectivity index (χ1n) is 9.52. The molecule has 0 radical (unpaired) electrons. The van der Waals surface area contributed by atoms with Crippen molar-refractivity contribution < 1.29 is 22.7 Å². The van der Waals surface area contributed by atoms with Crippen LogP contribution in [0.15, 0.2) is 47.4 Å². The normalized spacial score (nSPS) is 15.9. The van der Waals surface area contributed by atoms with Gasteiger partial charge in [0.15, 0.2) is 0 Å². The van der Waals surface area contributed by atoms with E-state index in [9.17, 15) is 13.2 Å². The zero-order valence-corrected chi connectivity index (χ0v) is 17.9. The number of sulfonamides is 1. The second-order valence-electron chi connectivity index (χ2n) is 7.41. The van der Waals surface area contributed by atoms with E-state index in [0.717, 1.165) is 0 Å². The number of hydrogen-bond acceptors (Lipinski definition) is 5. The van der Waals surface area contributed by atoms with Gasteiger partial charge < -0.3 is 14.4 Å². The fourth-order valence-corrected chi connectivity index (χ4v) is 4.17. The minimum Gasteiger partial charge on any atom is -0.494 e. The van der Waals surface area contributed by atoms with Gasteiger partial charge in [-0.2, -0.15) is 0 Å². The fraction of sp³-hybridized carbons (Fsp3) is 0.381. The molecule has 8 heteroatoms. The molecule has 0 spiro atoms. The Morgan fingerprint density at radius 2 is 1.83 bits per heavy atom. The van der Waals surface area contributed by atoms with Gasteiger partial charge in [0, 0.05) is 12.6 Å². The summed E-state index contributed by atoms with van der Waals surface area (Å²) in [5, 5.41) is 0. The van der Waals surface area contributed by atoms with Crippen LogP contribution in [0.2, 0.25) is 0 Å². The maximum absolute atomic E-state index is 12.8. The second-order valence-corrected chi connectivity index (χ2v) is 9.10. The fourth-order valence-electron chi connectivity index (χ4n) is 3.12. The number of ether oxygens (including phenoxy) is 2. The average Bonchev–Trinajstić information content (AvgIpc) is 2.77. The van der Waals surface area contributed by atoms with E-state index in [4.69, 9.17) is 9.47 Å². The lowest BCUT2D eigenvalue weighted by Crippen LogP contribution is -2.42. The summed E-state index contributed by atoms with van der Waals surface area (Å²) in [6, 6.07) is 11.2. The van der Waals surface area contributed by atoms with Crippen molar-refractivity contribution in [3.63, 3.8) is 0 Å². The van der Waals surface area contributed by atoms with Gasteiger partial charge in [0.2, 0.25) is 5.91 Å². The summed E-state index contributed by atoms with van der Waals surface area (Å²) in [7, 11) is -3.78. The minimum atomic E-state index is -3.78. The monoisotopic (exact) mass is 418 g/mol. The van der Waals surface area contributed by atoms with E-state index in [-0.39, 0.29) is 17.4 Å². The lowest BCUT2D eigenvalue weighted by molar-refractivity contribution is -0.127. The van der Waals surface area contributed by atoms with E-state index < -0.39 is 15.4 Å². The van der Waals surface area contributed by atoms with Gasteiger partial charge in [-0.05, 0) is 64.1 Å². The third-order valence-electron chi connectivity index (χ3n) is 4.68. The largest absolute Gasteiger partial charge is 0.494 e. The van der Waals surface area contributed by atoms with Crippen LogP contribution < -0.4 is 19.1 Å². The number of hydrogen-bond donors (Lipinski definition) is 1. The van der Waals surface area contributed by atoms with Crippen molar-refractivity contribution >= 4 is 27.3 Å². The molecule has 0 unspecified atom stereocenters. The summed E-state index contributed by atoms with van der Waals surface area (Å²) < 4.78 is 39.2. The number of amides is 1. The summed E-state index contributed by atoms with van der Waals surface area (Å²) in [6.07, 6.45) is 0. The summed E-state index contributed by atoms with van der Waals surface area (Å²) in [5.74, 6) is 1.05. The van der Waals surface area contributed by atoms with Crippen molar-refractivity contribution in [1.29, 1.82) is 0 Å². The summed E-state index contributed by atoms with van der Waals surface area (Å²) in [5.41, 5.74) is 0.324. The molecule has 0 saturated carbocycles. The zero-order chi connectivity index (χ0) is 21.2. The molecule has 2 aromatic rings. The number of nitrogens with one attached hydrogen (secondary N) is 1. The number of carbonyl (C=O) groups excluding carboxylic acids is 1. The smallest absolute Gasteiger partial charge is 0.261 e. The van der Waals surface area contributed by atoms with Crippen LogP contribution in [-0.2, 0) is 14.8 Å². The molecule has 29 heavy (non-hydrogen) atoms. The predicted molar refractivity (Wildman–Crippen MR) is 112 cm³/mol. The van der Waals surface area contributed by atoms with Gasteiger partial charge in [-0.1, -0.05) is 0 Å². The van der Waals surface area contributed by atoms with Crippen molar-refractivity contribution in [2.45, 2.75) is 32.6 Å². The number of fused-ring (bicyclic) bond motifs is 1. The van der Waals surface area contributed by atoms with Crippen LogP contribution in [-0.4, -0.2) is 34.1 Å². The molecule has 0 fully saturated rings. The van der Waals surface area contributed by atoms with Gasteiger partial charge in [0.1, 0.15) is 18.1 Å². The predicted octanol–water partition coefficient (Wildman–Crippen LogP) is 3.66. The number of benzene rings is 2. The van der Waals surface area contributed by atoms with Crippen LogP contribution in [0.25, 0.3) is 0 Å². The summed E-state index contributed by atoms with van der Waals surface area (Å²) in [6.45, 7) is 8.64. The molecule has 3 rings (SSSR count). The number of carbonyl (C=O) groups is 1. The molecular weight excluding hydrogens is 392 g/mol. The highest BCUT2D eigenvalue weighted by Crippen LogP contribution is 2.38. The molecule has 1 aliphatic heterocycles. The van der Waals surface area contributed by atoms with Gasteiger partial charge in [0.25, 0.3) is 10.0 Å². The first kappa shape index (κ1) is 21.0. The van der Waals surface area contributed by atoms with E-state index in [1.165, 1.54) is 12.1 Å². The molecule has 0 saturated heterocycles. The Labute approximate surface area is 171 Å². The van der Waals surface area contributed by atoms with Crippen molar-refractivity contribution in [2.24, 2.45) is 5.41 Å². The van der Waals surface area contributed by atoms with E-state index in [2.05, 4.69) is 4.72 Å². The SMILES string of the molecule is CCOc1ccc(S(=O)(=O)Nc2ccc3c(c2)OCC(C)(C)C(=O)N3CC)cc1. The third-order valence-corrected chi connectivity index (χ3v) is 6.07. The van der Waals surface area contributed by atoms with Crippen LogP contribution in [0.1, 0.15) is 27.7 Å². The van der Waals surface area contributed by atoms with E-state index in [1.54, 1.807) is 35.2 Å². The Morgan fingerprint density at radius 3 is 2.45 bits per heavy atom. The van der Waals surface area contributed by atoms with Crippen molar-refractivity contribution in [3.05, 3.63) is 42.5 Å². The maximum atomic E-state index is 12.8. The molecule has 0 bridgehead atoms. The molecule has 156 valence electrons. The zero-order valence-electron chi connectivity index (χ0n) is 17.1. The van der Waals surface area contributed by atoms with E-state index >= 15 is 0 Å². The minimum absolute atomic E-state index is 0.0264. The van der Waals surface area contributed by atoms with Gasteiger partial charge in [0.05, 0.1) is 28.3 Å². The molecule has 2 aromatic carbocycles. The maximum Gasteiger partial charge on any atom is 0.261 e. The molecule has 0 aromatic heterocycles. The average molecular weight is 419 g/mol. The van der Waals surface area contributed by atoms with Crippen LogP contribution in [0, 0.1) is 5.41 Å². The third kappa shape index (κ3) is 4.32. The standard InChI is InChI=1S/C21H26N2O5S/c1-5-23-18-12-7-15(13-19(18)28-14-21(3,4)20(23)24)22-29(25,26)17-10-8-16(9-11-17)27-6-2/h7-13,22H,5-6,14H2,1-4H3. The lowest BCUT2D eigenvalue weighted by atomic mass is 9.93. The van der Waals surface area contributed by atoms with Crippen molar-refractivity contribution in [1.82, 2.24) is 0 Å². The van der Waals surface area contributed by atoms with Gasteiger partial charge >= 0.3 is 0 Å². The van der Waals surface area contributed by atoms with Crippen LogP contribution in [0.5, 0.6) is 11.5 Å². The first-order chi connectivity index (χ1) is 13.7. The Kier molecular flexibility index (Phi) is 5.75. The Balaban J connectivity index is 1.88. The number of nitrogens with zero attached hydrogens (tertiary/aromatic N) is 1. The van der Waals surface area contributed by atoms with Crippen LogP contribution in [0.3, 0.4) is 0 Å². The highest BCUT2D eigenvalue weighted by Gasteiger charge is 2.37. The molecular formula is C21H26N2O5S. The van der Waals surface area contributed by atoms with E-state index in [0.29, 0.717) is 36.0 Å². The van der Waals surface area contributed by atoms with Gasteiger partial charge in [-0.15, -0.1) is 0 Å². The van der Waals surface area contributed by atoms with Gasteiger partial charge in [-0.3, -0.25) is 9.52 Å².